The Bertz CT molecular complexity index is 1030. The van der Waals surface area contributed by atoms with Gasteiger partial charge in [0.2, 0.25) is 0 Å². The third-order valence-electron chi connectivity index (χ3n) is 4.20. The molecule has 3 aromatic rings. The van der Waals surface area contributed by atoms with Gasteiger partial charge < -0.3 is 4.74 Å². The Kier molecular flexibility index (Phi) is 6.33. The monoisotopic (exact) mass is 416 g/mol. The highest BCUT2D eigenvalue weighted by atomic mass is 32.1. The number of ether oxygens (including phenoxy) is 1. The van der Waals surface area contributed by atoms with E-state index in [1.54, 1.807) is 5.38 Å². The Morgan fingerprint density at radius 1 is 1.17 bits per heavy atom. The minimum absolute atomic E-state index is 0.348. The van der Waals surface area contributed by atoms with Crippen LogP contribution in [-0.4, -0.2) is 23.0 Å². The zero-order valence-corrected chi connectivity index (χ0v) is 16.6. The first kappa shape index (κ1) is 20.6. The fourth-order valence-electron chi connectivity index (χ4n) is 2.51. The lowest BCUT2D eigenvalue weighted by Crippen LogP contribution is -2.30. The van der Waals surface area contributed by atoms with Crippen molar-refractivity contribution in [1.29, 1.82) is 0 Å². The Morgan fingerprint density at radius 3 is 2.55 bits per heavy atom. The number of anilines is 1. The van der Waals surface area contributed by atoms with Gasteiger partial charge in [-0.1, -0.05) is 31.2 Å². The number of halogens is 2. The standard InChI is InChI=1S/C21H18F2N2O3S/c1-3-13-4-6-14(7-5-13)18-11-29-21(24-18)25-19(26)12(2)28-20(27)16-9-8-15(22)10-17(16)23/h4-12H,3H2,1-2H3,(H,24,25,26)/t12-/m0/s1. The predicted molar refractivity (Wildman–Crippen MR) is 107 cm³/mol. The third-order valence-corrected chi connectivity index (χ3v) is 4.95. The van der Waals surface area contributed by atoms with E-state index in [1.807, 2.05) is 24.3 Å². The quantitative estimate of drug-likeness (QED) is 0.584. The molecule has 0 unspecified atom stereocenters. The van der Waals surface area contributed by atoms with E-state index in [4.69, 9.17) is 4.74 Å². The Labute approximate surface area is 170 Å². The van der Waals surface area contributed by atoms with Crippen LogP contribution in [-0.2, 0) is 16.0 Å². The molecule has 0 saturated heterocycles. The van der Waals surface area contributed by atoms with E-state index >= 15 is 0 Å². The summed E-state index contributed by atoms with van der Waals surface area (Å²) < 4.78 is 31.6. The molecule has 3 rings (SSSR count). The highest BCUT2D eigenvalue weighted by Gasteiger charge is 2.22. The Morgan fingerprint density at radius 2 is 1.90 bits per heavy atom. The van der Waals surface area contributed by atoms with Gasteiger partial charge >= 0.3 is 5.97 Å². The van der Waals surface area contributed by atoms with Gasteiger partial charge in [-0.05, 0) is 31.0 Å². The predicted octanol–water partition coefficient (Wildman–Crippen LogP) is 4.83. The first-order chi connectivity index (χ1) is 13.9. The Balaban J connectivity index is 1.62. The van der Waals surface area contributed by atoms with Crippen LogP contribution in [0, 0.1) is 11.6 Å². The van der Waals surface area contributed by atoms with Gasteiger partial charge in [0.1, 0.15) is 11.6 Å². The van der Waals surface area contributed by atoms with Crippen LogP contribution in [0.15, 0.2) is 47.8 Å². The number of hydrogen-bond acceptors (Lipinski definition) is 5. The highest BCUT2D eigenvalue weighted by Crippen LogP contribution is 2.25. The molecule has 0 saturated carbocycles. The molecule has 0 radical (unpaired) electrons. The van der Waals surface area contributed by atoms with Crippen molar-refractivity contribution < 1.29 is 23.1 Å². The molecular formula is C21H18F2N2O3S. The van der Waals surface area contributed by atoms with Crippen LogP contribution in [0.3, 0.4) is 0 Å². The van der Waals surface area contributed by atoms with E-state index in [2.05, 4.69) is 17.2 Å². The van der Waals surface area contributed by atoms with Gasteiger partial charge in [-0.25, -0.2) is 18.6 Å². The number of aryl methyl sites for hydroxylation is 1. The van der Waals surface area contributed by atoms with E-state index in [0.717, 1.165) is 24.1 Å². The summed E-state index contributed by atoms with van der Waals surface area (Å²) >= 11 is 1.23. The van der Waals surface area contributed by atoms with Crippen LogP contribution in [0.1, 0.15) is 29.8 Å². The molecule has 150 valence electrons. The van der Waals surface area contributed by atoms with Gasteiger partial charge in [0, 0.05) is 17.0 Å². The van der Waals surface area contributed by atoms with Gasteiger partial charge in [-0.15, -0.1) is 11.3 Å². The summed E-state index contributed by atoms with van der Waals surface area (Å²) in [7, 11) is 0. The van der Waals surface area contributed by atoms with Crippen LogP contribution < -0.4 is 5.32 Å². The zero-order chi connectivity index (χ0) is 21.0. The van der Waals surface area contributed by atoms with Crippen LogP contribution in [0.5, 0.6) is 0 Å². The number of amides is 1. The van der Waals surface area contributed by atoms with Crippen LogP contribution >= 0.6 is 11.3 Å². The van der Waals surface area contributed by atoms with Crippen molar-refractivity contribution in [3.05, 3.63) is 70.6 Å². The molecule has 0 spiro atoms. The molecule has 5 nitrogen and oxygen atoms in total. The van der Waals surface area contributed by atoms with Crippen LogP contribution in [0.2, 0.25) is 0 Å². The number of carbonyl (C=O) groups excluding carboxylic acids is 2. The van der Waals surface area contributed by atoms with Crippen molar-refractivity contribution in [3.8, 4) is 11.3 Å². The fraction of sp³-hybridized carbons (Fsp3) is 0.190. The smallest absolute Gasteiger partial charge is 0.341 e. The molecule has 1 amide bonds. The molecule has 29 heavy (non-hydrogen) atoms. The SMILES string of the molecule is CCc1ccc(-c2csc(NC(=O)[C@H](C)OC(=O)c3ccc(F)cc3F)n2)cc1. The average molecular weight is 416 g/mol. The maximum atomic E-state index is 13.7. The summed E-state index contributed by atoms with van der Waals surface area (Å²) in [4.78, 5) is 28.6. The summed E-state index contributed by atoms with van der Waals surface area (Å²) in [6, 6.07) is 10.4. The molecule has 1 N–H and O–H groups in total. The van der Waals surface area contributed by atoms with E-state index < -0.39 is 35.2 Å². The number of thiazole rings is 1. The zero-order valence-electron chi connectivity index (χ0n) is 15.7. The number of rotatable bonds is 6. The van der Waals surface area contributed by atoms with Crippen molar-refractivity contribution in [3.63, 3.8) is 0 Å². The first-order valence-corrected chi connectivity index (χ1v) is 9.77. The van der Waals surface area contributed by atoms with Crippen molar-refractivity contribution in [2.75, 3.05) is 5.32 Å². The third kappa shape index (κ3) is 5.03. The van der Waals surface area contributed by atoms with Crippen LogP contribution in [0.4, 0.5) is 13.9 Å². The summed E-state index contributed by atoms with van der Waals surface area (Å²) in [6.07, 6.45) is -0.250. The van der Waals surface area contributed by atoms with Crippen molar-refractivity contribution in [1.82, 2.24) is 4.98 Å². The van der Waals surface area contributed by atoms with Gasteiger partial charge in [0.15, 0.2) is 11.2 Å². The van der Waals surface area contributed by atoms with Crippen molar-refractivity contribution >= 4 is 28.3 Å². The number of aromatic nitrogens is 1. The molecule has 0 bridgehead atoms. The van der Waals surface area contributed by atoms with Crippen molar-refractivity contribution in [2.24, 2.45) is 0 Å². The topological polar surface area (TPSA) is 68.3 Å². The lowest BCUT2D eigenvalue weighted by atomic mass is 10.1. The average Bonchev–Trinajstić information content (AvgIpc) is 3.16. The molecule has 1 aromatic heterocycles. The number of esters is 1. The summed E-state index contributed by atoms with van der Waals surface area (Å²) in [6.45, 7) is 3.43. The summed E-state index contributed by atoms with van der Waals surface area (Å²) in [5.41, 5.74) is 2.40. The number of benzene rings is 2. The van der Waals surface area contributed by atoms with Gasteiger partial charge in [-0.2, -0.15) is 0 Å². The van der Waals surface area contributed by atoms with Crippen molar-refractivity contribution in [2.45, 2.75) is 26.4 Å². The summed E-state index contributed by atoms with van der Waals surface area (Å²) in [5.74, 6) is -3.53. The Hall–Kier alpha value is -3.13. The molecule has 1 atom stereocenters. The maximum absolute atomic E-state index is 13.7. The van der Waals surface area contributed by atoms with E-state index in [9.17, 15) is 18.4 Å². The number of hydrogen-bond donors (Lipinski definition) is 1. The molecule has 0 fully saturated rings. The molecule has 0 aliphatic carbocycles. The number of nitrogens with zero attached hydrogens (tertiary/aromatic N) is 1. The molecule has 8 heteroatoms. The fourth-order valence-corrected chi connectivity index (χ4v) is 3.24. The molecule has 2 aromatic carbocycles. The molecule has 0 aliphatic rings. The van der Waals surface area contributed by atoms with E-state index in [-0.39, 0.29) is 0 Å². The normalized spacial score (nSPS) is 11.7. The van der Waals surface area contributed by atoms with Gasteiger partial charge in [0.05, 0.1) is 11.3 Å². The molecule has 0 aliphatic heterocycles. The second-order valence-electron chi connectivity index (χ2n) is 6.25. The molecular weight excluding hydrogens is 398 g/mol. The maximum Gasteiger partial charge on any atom is 0.341 e. The lowest BCUT2D eigenvalue weighted by Gasteiger charge is -2.12. The molecule has 1 heterocycles. The second kappa shape index (κ2) is 8.91. The summed E-state index contributed by atoms with van der Waals surface area (Å²) in [5, 5.41) is 4.73. The van der Waals surface area contributed by atoms with Gasteiger partial charge in [0.25, 0.3) is 5.91 Å². The first-order valence-electron chi connectivity index (χ1n) is 8.89. The minimum atomic E-state index is -1.19. The highest BCUT2D eigenvalue weighted by molar-refractivity contribution is 7.14. The number of nitrogens with one attached hydrogen (secondary N) is 1. The largest absolute Gasteiger partial charge is 0.449 e. The van der Waals surface area contributed by atoms with Gasteiger partial charge in [-0.3, -0.25) is 10.1 Å². The minimum Gasteiger partial charge on any atom is -0.449 e. The second-order valence-corrected chi connectivity index (χ2v) is 7.11. The van der Waals surface area contributed by atoms with E-state index in [1.165, 1.54) is 23.8 Å². The number of carbonyl (C=O) groups is 2. The van der Waals surface area contributed by atoms with Crippen LogP contribution in [0.25, 0.3) is 11.3 Å². The van der Waals surface area contributed by atoms with E-state index in [0.29, 0.717) is 16.9 Å². The lowest BCUT2D eigenvalue weighted by molar-refractivity contribution is -0.123.